The van der Waals surface area contributed by atoms with Crippen LogP contribution in [0.5, 0.6) is 5.19 Å². The van der Waals surface area contributed by atoms with Crippen LogP contribution in [0.4, 0.5) is 0 Å². The van der Waals surface area contributed by atoms with E-state index in [1.165, 1.54) is 30.2 Å². The summed E-state index contributed by atoms with van der Waals surface area (Å²) < 4.78 is 9.28. The van der Waals surface area contributed by atoms with Crippen molar-refractivity contribution in [1.29, 1.82) is 0 Å². The van der Waals surface area contributed by atoms with Gasteiger partial charge in [0.25, 0.3) is 5.19 Å². The fourth-order valence-corrected chi connectivity index (χ4v) is 2.75. The first-order valence-electron chi connectivity index (χ1n) is 5.56. The maximum Gasteiger partial charge on any atom is 0.327 e. The van der Waals surface area contributed by atoms with Crippen LogP contribution in [0.25, 0.3) is 0 Å². The molecule has 0 fully saturated rings. The predicted molar refractivity (Wildman–Crippen MR) is 72.5 cm³/mol. The Balaban J connectivity index is 2.38. The summed E-state index contributed by atoms with van der Waals surface area (Å²) in [5.41, 5.74) is 0. The van der Waals surface area contributed by atoms with Gasteiger partial charge in [0.15, 0.2) is 5.82 Å². The van der Waals surface area contributed by atoms with E-state index in [0.29, 0.717) is 23.4 Å². The number of carboxylic acids is 1. The molecule has 1 rings (SSSR count). The summed E-state index contributed by atoms with van der Waals surface area (Å²) in [5.74, 6) is -0.0712. The molecule has 1 unspecified atom stereocenters. The number of hydrogen-bond acceptors (Lipinski definition) is 7. The third kappa shape index (κ3) is 5.88. The first-order chi connectivity index (χ1) is 9.02. The minimum absolute atomic E-state index is 0.262. The molecule has 0 spiro atoms. The van der Waals surface area contributed by atoms with Crippen molar-refractivity contribution in [2.45, 2.75) is 25.6 Å². The molecule has 0 aromatic carbocycles. The SMILES string of the molecule is CCOc1nc(CSCC(NC(C)=O)C(=O)O)ns1. The lowest BCUT2D eigenvalue weighted by molar-refractivity contribution is -0.140. The Morgan fingerprint density at radius 2 is 2.32 bits per heavy atom. The van der Waals surface area contributed by atoms with Crippen LogP contribution in [0.2, 0.25) is 0 Å². The lowest BCUT2D eigenvalue weighted by Gasteiger charge is -2.11. The van der Waals surface area contributed by atoms with Crippen molar-refractivity contribution >= 4 is 35.2 Å². The summed E-state index contributed by atoms with van der Waals surface area (Å²) in [6.07, 6.45) is 0. The van der Waals surface area contributed by atoms with Crippen molar-refractivity contribution in [3.8, 4) is 5.19 Å². The monoisotopic (exact) mass is 305 g/mol. The molecule has 0 radical (unpaired) electrons. The largest absolute Gasteiger partial charge is 0.480 e. The van der Waals surface area contributed by atoms with Crippen LogP contribution in [0, 0.1) is 0 Å². The third-order valence-corrected chi connectivity index (χ3v) is 3.61. The lowest BCUT2D eigenvalue weighted by Crippen LogP contribution is -2.41. The van der Waals surface area contributed by atoms with E-state index >= 15 is 0 Å². The van der Waals surface area contributed by atoms with E-state index in [9.17, 15) is 9.59 Å². The molecule has 1 atom stereocenters. The highest BCUT2D eigenvalue weighted by Gasteiger charge is 2.18. The summed E-state index contributed by atoms with van der Waals surface area (Å²) in [5, 5.41) is 11.8. The number of amides is 1. The Kier molecular flexibility index (Phi) is 6.57. The molecule has 1 heterocycles. The van der Waals surface area contributed by atoms with Crippen LogP contribution in [0.1, 0.15) is 19.7 Å². The molecule has 106 valence electrons. The standard InChI is InChI=1S/C10H15N3O4S2/c1-3-17-10-12-8(13-19-10)5-18-4-7(9(15)16)11-6(2)14/h7H,3-5H2,1-2H3,(H,11,14)(H,15,16). The second kappa shape index (κ2) is 7.95. The minimum atomic E-state index is -1.05. The van der Waals surface area contributed by atoms with Gasteiger partial charge in [0.2, 0.25) is 5.91 Å². The zero-order chi connectivity index (χ0) is 14.3. The number of nitrogens with one attached hydrogen (secondary N) is 1. The van der Waals surface area contributed by atoms with E-state index in [1.807, 2.05) is 6.92 Å². The van der Waals surface area contributed by atoms with Gasteiger partial charge >= 0.3 is 5.97 Å². The molecule has 19 heavy (non-hydrogen) atoms. The summed E-state index contributed by atoms with van der Waals surface area (Å²) in [6.45, 7) is 3.68. The number of nitrogens with zero attached hydrogens (tertiary/aromatic N) is 2. The number of ether oxygens (including phenoxy) is 1. The molecule has 7 nitrogen and oxygen atoms in total. The molecule has 0 aliphatic rings. The van der Waals surface area contributed by atoms with Gasteiger partial charge < -0.3 is 15.2 Å². The van der Waals surface area contributed by atoms with Gasteiger partial charge in [-0.3, -0.25) is 4.79 Å². The molecule has 9 heteroatoms. The number of aromatic nitrogens is 2. The molecule has 0 aliphatic heterocycles. The second-order valence-electron chi connectivity index (χ2n) is 3.52. The average molecular weight is 305 g/mol. The number of hydrogen-bond donors (Lipinski definition) is 2. The van der Waals surface area contributed by atoms with E-state index in [4.69, 9.17) is 9.84 Å². The van der Waals surface area contributed by atoms with Crippen LogP contribution < -0.4 is 10.1 Å². The minimum Gasteiger partial charge on any atom is -0.480 e. The van der Waals surface area contributed by atoms with Crippen molar-refractivity contribution < 1.29 is 19.4 Å². The molecule has 1 amide bonds. The third-order valence-electron chi connectivity index (χ3n) is 1.91. The van der Waals surface area contributed by atoms with Gasteiger partial charge in [-0.25, -0.2) is 4.79 Å². The normalized spacial score (nSPS) is 11.9. The lowest BCUT2D eigenvalue weighted by atomic mass is 10.3. The van der Waals surface area contributed by atoms with Gasteiger partial charge in [-0.15, -0.1) is 0 Å². The molecular formula is C10H15N3O4S2. The fourth-order valence-electron chi connectivity index (χ4n) is 1.17. The highest BCUT2D eigenvalue weighted by atomic mass is 32.2. The molecular weight excluding hydrogens is 290 g/mol. The summed E-state index contributed by atoms with van der Waals surface area (Å²) in [4.78, 5) is 25.9. The molecule has 1 aromatic heterocycles. The zero-order valence-electron chi connectivity index (χ0n) is 10.6. The van der Waals surface area contributed by atoms with E-state index in [2.05, 4.69) is 14.7 Å². The fraction of sp³-hybridized carbons (Fsp3) is 0.600. The maximum absolute atomic E-state index is 10.9. The summed E-state index contributed by atoms with van der Waals surface area (Å²) >= 11 is 2.51. The first kappa shape index (κ1) is 15.7. The number of aliphatic carboxylic acids is 1. The van der Waals surface area contributed by atoms with E-state index < -0.39 is 12.0 Å². The topological polar surface area (TPSA) is 101 Å². The predicted octanol–water partition coefficient (Wildman–Crippen LogP) is 0.759. The molecule has 2 N–H and O–H groups in total. The van der Waals surface area contributed by atoms with Crippen LogP contribution in [-0.2, 0) is 15.3 Å². The number of carboxylic acid groups (broad SMARTS) is 1. The van der Waals surface area contributed by atoms with Gasteiger partial charge in [-0.2, -0.15) is 21.1 Å². The Bertz CT molecular complexity index is 438. The molecule has 0 aliphatic carbocycles. The van der Waals surface area contributed by atoms with Crippen LogP contribution in [0.15, 0.2) is 0 Å². The van der Waals surface area contributed by atoms with Gasteiger partial charge in [0.05, 0.1) is 12.4 Å². The Morgan fingerprint density at radius 3 is 2.89 bits per heavy atom. The van der Waals surface area contributed by atoms with Crippen molar-refractivity contribution in [3.05, 3.63) is 5.82 Å². The Labute approximate surface area is 118 Å². The van der Waals surface area contributed by atoms with Gasteiger partial charge in [0, 0.05) is 24.2 Å². The number of carbonyl (C=O) groups is 2. The van der Waals surface area contributed by atoms with Crippen molar-refractivity contribution in [2.24, 2.45) is 0 Å². The molecule has 0 saturated heterocycles. The Morgan fingerprint density at radius 1 is 1.58 bits per heavy atom. The van der Waals surface area contributed by atoms with Crippen LogP contribution in [-0.4, -0.2) is 44.7 Å². The van der Waals surface area contributed by atoms with Crippen molar-refractivity contribution in [2.75, 3.05) is 12.4 Å². The average Bonchev–Trinajstić information content (AvgIpc) is 2.75. The zero-order valence-corrected chi connectivity index (χ0v) is 12.2. The summed E-state index contributed by atoms with van der Waals surface area (Å²) in [7, 11) is 0. The van der Waals surface area contributed by atoms with Crippen LogP contribution >= 0.6 is 23.3 Å². The number of thioether (sulfide) groups is 1. The molecule has 0 bridgehead atoms. The second-order valence-corrected chi connectivity index (χ2v) is 5.26. The van der Waals surface area contributed by atoms with E-state index in [1.54, 1.807) is 0 Å². The molecule has 1 aromatic rings. The highest BCUT2D eigenvalue weighted by Crippen LogP contribution is 2.18. The van der Waals surface area contributed by atoms with Crippen molar-refractivity contribution in [1.82, 2.24) is 14.7 Å². The van der Waals surface area contributed by atoms with Gasteiger partial charge in [0.1, 0.15) is 6.04 Å². The smallest absolute Gasteiger partial charge is 0.327 e. The highest BCUT2D eigenvalue weighted by molar-refractivity contribution is 7.98. The quantitative estimate of drug-likeness (QED) is 0.731. The van der Waals surface area contributed by atoms with Crippen molar-refractivity contribution in [3.63, 3.8) is 0 Å². The van der Waals surface area contributed by atoms with E-state index in [0.717, 1.165) is 0 Å². The Hall–Kier alpha value is -1.35. The maximum atomic E-state index is 10.9. The van der Waals surface area contributed by atoms with Gasteiger partial charge in [-0.05, 0) is 6.92 Å². The molecule has 0 saturated carbocycles. The number of carbonyl (C=O) groups excluding carboxylic acids is 1. The first-order valence-corrected chi connectivity index (χ1v) is 7.48. The summed E-state index contributed by atoms with van der Waals surface area (Å²) in [6, 6.07) is -0.896. The van der Waals surface area contributed by atoms with Crippen LogP contribution in [0.3, 0.4) is 0 Å². The number of rotatable bonds is 8. The van der Waals surface area contributed by atoms with Gasteiger partial charge in [-0.1, -0.05) is 0 Å². The van der Waals surface area contributed by atoms with E-state index in [-0.39, 0.29) is 11.7 Å².